The largest absolute Gasteiger partial charge is 0.493 e. The molecule has 28 heavy (non-hydrogen) atoms. The number of alkyl halides is 3. The van der Waals surface area contributed by atoms with Gasteiger partial charge in [-0.2, -0.15) is 13.2 Å². The number of hydrogen-bond donors (Lipinski definition) is 2. The third-order valence-electron chi connectivity index (χ3n) is 4.06. The SMILES string of the molecule is Oc1ncnc2cc(-c3nccnc3Nc3ccc(C(F)(F)F)cc3)ccc12. The minimum absolute atomic E-state index is 0.126. The van der Waals surface area contributed by atoms with Crippen molar-refractivity contribution in [2.24, 2.45) is 0 Å². The minimum atomic E-state index is -4.39. The molecule has 0 fully saturated rings. The number of fused-ring (bicyclic) bond motifs is 1. The minimum Gasteiger partial charge on any atom is -0.493 e. The van der Waals surface area contributed by atoms with Crippen LogP contribution in [0.25, 0.3) is 22.2 Å². The first kappa shape index (κ1) is 17.7. The quantitative estimate of drug-likeness (QED) is 0.540. The fraction of sp³-hybridized carbons (Fsp3) is 0.0526. The molecular formula is C19H12F3N5O. The maximum Gasteiger partial charge on any atom is 0.416 e. The second-order valence-corrected chi connectivity index (χ2v) is 5.88. The Balaban J connectivity index is 1.69. The van der Waals surface area contributed by atoms with Crippen molar-refractivity contribution in [2.75, 3.05) is 5.32 Å². The van der Waals surface area contributed by atoms with E-state index in [9.17, 15) is 18.3 Å². The summed E-state index contributed by atoms with van der Waals surface area (Å²) in [6, 6.07) is 9.75. The molecule has 2 aromatic carbocycles. The zero-order valence-electron chi connectivity index (χ0n) is 14.1. The maximum atomic E-state index is 12.7. The van der Waals surface area contributed by atoms with Crippen molar-refractivity contribution < 1.29 is 18.3 Å². The van der Waals surface area contributed by atoms with Gasteiger partial charge < -0.3 is 10.4 Å². The maximum absolute atomic E-state index is 12.7. The van der Waals surface area contributed by atoms with E-state index in [1.54, 1.807) is 18.2 Å². The lowest BCUT2D eigenvalue weighted by Gasteiger charge is -2.12. The van der Waals surface area contributed by atoms with Crippen LogP contribution in [0, 0.1) is 0 Å². The van der Waals surface area contributed by atoms with Crippen LogP contribution < -0.4 is 5.32 Å². The zero-order chi connectivity index (χ0) is 19.7. The second kappa shape index (κ2) is 6.76. The Hall–Kier alpha value is -3.75. The van der Waals surface area contributed by atoms with E-state index in [-0.39, 0.29) is 5.88 Å². The van der Waals surface area contributed by atoms with Crippen LogP contribution >= 0.6 is 0 Å². The smallest absolute Gasteiger partial charge is 0.416 e. The summed E-state index contributed by atoms with van der Waals surface area (Å²) in [7, 11) is 0. The summed E-state index contributed by atoms with van der Waals surface area (Å²) >= 11 is 0. The van der Waals surface area contributed by atoms with Gasteiger partial charge in [-0.05, 0) is 36.4 Å². The van der Waals surface area contributed by atoms with Crippen LogP contribution in [-0.4, -0.2) is 25.0 Å². The highest BCUT2D eigenvalue weighted by Gasteiger charge is 2.30. The van der Waals surface area contributed by atoms with Crippen molar-refractivity contribution in [3.8, 4) is 17.1 Å². The summed E-state index contributed by atoms with van der Waals surface area (Å²) in [4.78, 5) is 16.4. The van der Waals surface area contributed by atoms with E-state index in [0.29, 0.717) is 33.7 Å². The van der Waals surface area contributed by atoms with Crippen LogP contribution in [0.5, 0.6) is 5.88 Å². The Morgan fingerprint density at radius 1 is 0.857 bits per heavy atom. The van der Waals surface area contributed by atoms with Crippen molar-refractivity contribution in [1.29, 1.82) is 0 Å². The average molecular weight is 383 g/mol. The molecule has 0 bridgehead atoms. The van der Waals surface area contributed by atoms with E-state index >= 15 is 0 Å². The first-order chi connectivity index (χ1) is 13.4. The Kier molecular flexibility index (Phi) is 4.26. The number of hydrogen-bond acceptors (Lipinski definition) is 6. The number of aromatic hydroxyl groups is 1. The number of nitrogens with zero attached hydrogens (tertiary/aromatic N) is 4. The normalized spacial score (nSPS) is 11.5. The molecule has 6 nitrogen and oxygen atoms in total. The molecule has 0 amide bonds. The number of benzene rings is 2. The van der Waals surface area contributed by atoms with E-state index in [1.165, 1.54) is 30.9 Å². The molecular weight excluding hydrogens is 371 g/mol. The monoisotopic (exact) mass is 383 g/mol. The number of aromatic nitrogens is 4. The topological polar surface area (TPSA) is 83.8 Å². The third kappa shape index (κ3) is 3.41. The highest BCUT2D eigenvalue weighted by Crippen LogP contribution is 2.32. The van der Waals surface area contributed by atoms with Gasteiger partial charge in [-0.3, -0.25) is 4.98 Å². The number of nitrogens with one attached hydrogen (secondary N) is 1. The molecule has 4 aromatic rings. The first-order valence-electron chi connectivity index (χ1n) is 8.11. The molecule has 0 unspecified atom stereocenters. The number of rotatable bonds is 3. The fourth-order valence-electron chi connectivity index (χ4n) is 2.71. The van der Waals surface area contributed by atoms with Gasteiger partial charge in [0, 0.05) is 23.6 Å². The van der Waals surface area contributed by atoms with E-state index < -0.39 is 11.7 Å². The molecule has 0 radical (unpaired) electrons. The summed E-state index contributed by atoms with van der Waals surface area (Å²) in [5, 5.41) is 13.3. The van der Waals surface area contributed by atoms with Crippen LogP contribution in [-0.2, 0) is 6.18 Å². The van der Waals surface area contributed by atoms with Gasteiger partial charge in [0.25, 0.3) is 0 Å². The highest BCUT2D eigenvalue weighted by atomic mass is 19.4. The number of halogens is 3. The molecule has 2 N–H and O–H groups in total. The van der Waals surface area contributed by atoms with Gasteiger partial charge in [-0.1, -0.05) is 6.07 Å². The Morgan fingerprint density at radius 3 is 2.36 bits per heavy atom. The van der Waals surface area contributed by atoms with Gasteiger partial charge in [-0.25, -0.2) is 15.0 Å². The van der Waals surface area contributed by atoms with E-state index in [2.05, 4.69) is 25.3 Å². The fourth-order valence-corrected chi connectivity index (χ4v) is 2.71. The lowest BCUT2D eigenvalue weighted by atomic mass is 10.1. The number of anilines is 2. The van der Waals surface area contributed by atoms with Gasteiger partial charge in [0.15, 0.2) is 5.82 Å². The van der Waals surface area contributed by atoms with Gasteiger partial charge in [0.05, 0.1) is 16.5 Å². The van der Waals surface area contributed by atoms with Gasteiger partial charge in [0.1, 0.15) is 12.0 Å². The van der Waals surface area contributed by atoms with Crippen molar-refractivity contribution in [3.05, 3.63) is 66.7 Å². The molecule has 0 aliphatic rings. The summed E-state index contributed by atoms with van der Waals surface area (Å²) in [6.07, 6.45) is -0.159. The van der Waals surface area contributed by atoms with Crippen LogP contribution in [0.3, 0.4) is 0 Å². The molecule has 0 spiro atoms. The summed E-state index contributed by atoms with van der Waals surface area (Å²) < 4.78 is 38.2. The first-order valence-corrected chi connectivity index (χ1v) is 8.11. The predicted octanol–water partition coefficient (Wildman–Crippen LogP) is 4.55. The molecule has 9 heteroatoms. The van der Waals surface area contributed by atoms with E-state index in [0.717, 1.165) is 12.1 Å². The molecule has 140 valence electrons. The van der Waals surface area contributed by atoms with Crippen molar-refractivity contribution in [3.63, 3.8) is 0 Å². The Bertz CT molecular complexity index is 1150. The molecule has 2 heterocycles. The highest BCUT2D eigenvalue weighted by molar-refractivity contribution is 5.88. The van der Waals surface area contributed by atoms with Crippen molar-refractivity contribution in [1.82, 2.24) is 19.9 Å². The average Bonchev–Trinajstić information content (AvgIpc) is 2.68. The zero-order valence-corrected chi connectivity index (χ0v) is 14.1. The van der Waals surface area contributed by atoms with Crippen LogP contribution in [0.4, 0.5) is 24.7 Å². The molecule has 0 saturated carbocycles. The summed E-state index contributed by atoms with van der Waals surface area (Å²) in [5.41, 5.74) is 1.40. The predicted molar refractivity (Wildman–Crippen MR) is 97.0 cm³/mol. The van der Waals surface area contributed by atoms with Crippen molar-refractivity contribution in [2.45, 2.75) is 6.18 Å². The summed E-state index contributed by atoms with van der Waals surface area (Å²) in [6.45, 7) is 0. The van der Waals surface area contributed by atoms with E-state index in [4.69, 9.17) is 0 Å². The van der Waals surface area contributed by atoms with Crippen LogP contribution in [0.1, 0.15) is 5.56 Å². The molecule has 0 aliphatic carbocycles. The molecule has 2 aromatic heterocycles. The lowest BCUT2D eigenvalue weighted by Crippen LogP contribution is -2.05. The molecule has 0 aliphatic heterocycles. The van der Waals surface area contributed by atoms with Gasteiger partial charge >= 0.3 is 6.18 Å². The molecule has 0 saturated heterocycles. The second-order valence-electron chi connectivity index (χ2n) is 5.88. The summed E-state index contributed by atoms with van der Waals surface area (Å²) in [5.74, 6) is 0.249. The molecule has 4 rings (SSSR count). The lowest BCUT2D eigenvalue weighted by molar-refractivity contribution is -0.137. The Labute approximate surface area is 156 Å². The van der Waals surface area contributed by atoms with Crippen LogP contribution in [0.15, 0.2) is 61.2 Å². The van der Waals surface area contributed by atoms with Gasteiger partial charge in [-0.15, -0.1) is 0 Å². The molecule has 0 atom stereocenters. The van der Waals surface area contributed by atoms with Gasteiger partial charge in [0.2, 0.25) is 5.88 Å². The third-order valence-corrected chi connectivity index (χ3v) is 4.06. The standard InChI is InChI=1S/C19H12F3N5O/c20-19(21,22)12-2-4-13(5-3-12)27-17-16(23-7-8-24-17)11-1-6-14-15(9-11)25-10-26-18(14)28/h1-10H,(H,24,27)(H,25,26,28). The Morgan fingerprint density at radius 2 is 1.61 bits per heavy atom. The van der Waals surface area contributed by atoms with Crippen molar-refractivity contribution >= 4 is 22.4 Å². The van der Waals surface area contributed by atoms with Crippen LogP contribution in [0.2, 0.25) is 0 Å². The van der Waals surface area contributed by atoms with E-state index in [1.807, 2.05) is 0 Å².